The van der Waals surface area contributed by atoms with Crippen molar-refractivity contribution >= 4 is 17.9 Å². The Balaban J connectivity index is 4.46. The van der Waals surface area contributed by atoms with Crippen molar-refractivity contribution < 1.29 is 28.6 Å². The molecule has 1 atom stereocenters. The van der Waals surface area contributed by atoms with Gasteiger partial charge in [0.2, 0.25) is 0 Å². The van der Waals surface area contributed by atoms with Gasteiger partial charge in [0, 0.05) is 19.3 Å². The van der Waals surface area contributed by atoms with Gasteiger partial charge in [-0.05, 0) is 89.9 Å². The fraction of sp³-hybridized carbons (Fsp3) is 0.768. The van der Waals surface area contributed by atoms with Crippen LogP contribution in [-0.4, -0.2) is 37.2 Å². The molecule has 0 radical (unpaired) electrons. The smallest absolute Gasteiger partial charge is 0.306 e. The molecule has 0 aromatic heterocycles. The van der Waals surface area contributed by atoms with E-state index in [-0.39, 0.29) is 37.5 Å². The normalized spacial score (nSPS) is 12.5. The van der Waals surface area contributed by atoms with E-state index in [0.717, 1.165) is 83.5 Å². The number of carbonyl (C=O) groups excluding carboxylic acids is 3. The van der Waals surface area contributed by atoms with Crippen molar-refractivity contribution in [2.45, 2.75) is 264 Å². The standard InChI is InChI=1S/C56H98O6/c1-4-7-10-13-16-19-22-25-26-27-28-29-32-34-37-40-43-46-49-55(58)61-52-53(62-56(59)50-47-44-41-38-35-31-24-21-18-15-12-9-6-3)51-60-54(57)48-45-42-39-36-33-30-23-20-17-14-11-8-5-2/h26-31,33,35,41,44,53H,4-25,32,34,36-40,42-43,45-52H2,1-3H3/b27-26-,29-28-,33-30-,35-31-,44-41-. The molecule has 0 spiro atoms. The first-order chi connectivity index (χ1) is 30.5. The number of carbonyl (C=O) groups is 3. The van der Waals surface area contributed by atoms with Crippen molar-refractivity contribution in [3.8, 4) is 0 Å². The van der Waals surface area contributed by atoms with Gasteiger partial charge in [-0.25, -0.2) is 0 Å². The van der Waals surface area contributed by atoms with Crippen molar-refractivity contribution in [1.82, 2.24) is 0 Å². The van der Waals surface area contributed by atoms with Gasteiger partial charge >= 0.3 is 17.9 Å². The highest BCUT2D eigenvalue weighted by Crippen LogP contribution is 2.13. The van der Waals surface area contributed by atoms with Crippen LogP contribution in [0.25, 0.3) is 0 Å². The summed E-state index contributed by atoms with van der Waals surface area (Å²) in [6.07, 6.45) is 62.2. The maximum absolute atomic E-state index is 12.7. The third-order valence-corrected chi connectivity index (χ3v) is 11.3. The van der Waals surface area contributed by atoms with Crippen LogP contribution in [0.4, 0.5) is 0 Å². The van der Waals surface area contributed by atoms with Crippen LogP contribution in [0.1, 0.15) is 258 Å². The summed E-state index contributed by atoms with van der Waals surface area (Å²) in [5.74, 6) is -1.00. The van der Waals surface area contributed by atoms with Crippen LogP contribution in [0, 0.1) is 0 Å². The molecule has 0 bridgehead atoms. The first-order valence-electron chi connectivity index (χ1n) is 26.3. The lowest BCUT2D eigenvalue weighted by atomic mass is 10.1. The second-order valence-electron chi connectivity index (χ2n) is 17.5. The van der Waals surface area contributed by atoms with Crippen molar-refractivity contribution in [3.63, 3.8) is 0 Å². The summed E-state index contributed by atoms with van der Waals surface area (Å²) in [6, 6.07) is 0. The van der Waals surface area contributed by atoms with Crippen LogP contribution in [0.2, 0.25) is 0 Å². The molecule has 0 amide bonds. The second kappa shape index (κ2) is 50.8. The zero-order valence-corrected chi connectivity index (χ0v) is 40.9. The van der Waals surface area contributed by atoms with E-state index in [2.05, 4.69) is 75.5 Å². The fourth-order valence-corrected chi connectivity index (χ4v) is 7.24. The molecule has 0 aromatic carbocycles. The molecule has 62 heavy (non-hydrogen) atoms. The second-order valence-corrected chi connectivity index (χ2v) is 17.5. The minimum atomic E-state index is -0.815. The first-order valence-corrected chi connectivity index (χ1v) is 26.3. The number of ether oxygens (including phenoxy) is 3. The summed E-state index contributed by atoms with van der Waals surface area (Å²) in [5.41, 5.74) is 0. The molecule has 6 heteroatoms. The number of hydrogen-bond donors (Lipinski definition) is 0. The molecule has 1 unspecified atom stereocenters. The van der Waals surface area contributed by atoms with Gasteiger partial charge in [0.05, 0.1) is 0 Å². The predicted molar refractivity (Wildman–Crippen MR) is 265 cm³/mol. The third kappa shape index (κ3) is 48.1. The highest BCUT2D eigenvalue weighted by atomic mass is 16.6. The molecule has 358 valence electrons. The largest absolute Gasteiger partial charge is 0.462 e. The Kier molecular flexibility index (Phi) is 48.4. The Hall–Kier alpha value is -2.89. The average molecular weight is 867 g/mol. The minimum Gasteiger partial charge on any atom is -0.462 e. The molecule has 6 nitrogen and oxygen atoms in total. The number of hydrogen-bond acceptors (Lipinski definition) is 6. The zero-order valence-electron chi connectivity index (χ0n) is 40.9. The average Bonchev–Trinajstić information content (AvgIpc) is 3.27. The lowest BCUT2D eigenvalue weighted by Crippen LogP contribution is -2.30. The molecule has 0 aliphatic carbocycles. The van der Waals surface area contributed by atoms with Crippen molar-refractivity contribution in [1.29, 1.82) is 0 Å². The SMILES string of the molecule is CCCCCCCC/C=C\C/C=C\CCC(=O)OC(COC(=O)CCCCC/C=C\CCCCCCCC)COC(=O)CCCCCCC/C=C\C=C/CCCCCCCCC. The van der Waals surface area contributed by atoms with Crippen LogP contribution >= 0.6 is 0 Å². The van der Waals surface area contributed by atoms with E-state index < -0.39 is 6.10 Å². The fourth-order valence-electron chi connectivity index (χ4n) is 7.24. The Morgan fingerprint density at radius 2 is 0.661 bits per heavy atom. The van der Waals surface area contributed by atoms with Gasteiger partial charge in [0.15, 0.2) is 6.10 Å². The van der Waals surface area contributed by atoms with Gasteiger partial charge in [-0.1, -0.05) is 210 Å². The van der Waals surface area contributed by atoms with E-state index >= 15 is 0 Å². The zero-order chi connectivity index (χ0) is 45.1. The van der Waals surface area contributed by atoms with Gasteiger partial charge in [-0.3, -0.25) is 14.4 Å². The molecule has 0 aromatic rings. The molecular formula is C56H98O6. The van der Waals surface area contributed by atoms with Gasteiger partial charge in [0.1, 0.15) is 13.2 Å². The summed E-state index contributed by atoms with van der Waals surface area (Å²) in [6.45, 7) is 6.54. The maximum Gasteiger partial charge on any atom is 0.306 e. The van der Waals surface area contributed by atoms with E-state index in [1.165, 1.54) is 128 Å². The van der Waals surface area contributed by atoms with E-state index in [0.29, 0.717) is 19.3 Å². The Labute approximate surface area is 383 Å². The Bertz CT molecular complexity index is 1130. The summed E-state index contributed by atoms with van der Waals surface area (Å²) in [7, 11) is 0. The van der Waals surface area contributed by atoms with Crippen molar-refractivity contribution in [2.75, 3.05) is 13.2 Å². The molecule has 0 aliphatic heterocycles. The van der Waals surface area contributed by atoms with Crippen LogP contribution < -0.4 is 0 Å². The quantitative estimate of drug-likeness (QED) is 0.0199. The van der Waals surface area contributed by atoms with Gasteiger partial charge in [-0.2, -0.15) is 0 Å². The third-order valence-electron chi connectivity index (χ3n) is 11.3. The summed E-state index contributed by atoms with van der Waals surface area (Å²) < 4.78 is 16.7. The number of esters is 3. The summed E-state index contributed by atoms with van der Waals surface area (Å²) >= 11 is 0. The van der Waals surface area contributed by atoms with Crippen LogP contribution in [0.3, 0.4) is 0 Å². The molecule has 0 fully saturated rings. The molecule has 0 saturated carbocycles. The maximum atomic E-state index is 12.7. The van der Waals surface area contributed by atoms with Crippen molar-refractivity contribution in [3.05, 3.63) is 60.8 Å². The van der Waals surface area contributed by atoms with Gasteiger partial charge < -0.3 is 14.2 Å². The lowest BCUT2D eigenvalue weighted by Gasteiger charge is -2.18. The number of allylic oxidation sites excluding steroid dienone is 10. The minimum absolute atomic E-state index is 0.109. The van der Waals surface area contributed by atoms with Gasteiger partial charge in [-0.15, -0.1) is 0 Å². The predicted octanol–water partition coefficient (Wildman–Crippen LogP) is 17.3. The highest BCUT2D eigenvalue weighted by Gasteiger charge is 2.19. The van der Waals surface area contributed by atoms with E-state index in [1.807, 2.05) is 6.08 Å². The Morgan fingerprint density at radius 1 is 0.339 bits per heavy atom. The topological polar surface area (TPSA) is 78.9 Å². The molecular weight excluding hydrogens is 769 g/mol. The molecule has 0 heterocycles. The lowest BCUT2D eigenvalue weighted by molar-refractivity contribution is -0.166. The molecule has 0 N–H and O–H groups in total. The Morgan fingerprint density at radius 3 is 1.08 bits per heavy atom. The van der Waals surface area contributed by atoms with Crippen LogP contribution in [-0.2, 0) is 28.6 Å². The van der Waals surface area contributed by atoms with E-state index in [4.69, 9.17) is 14.2 Å². The highest BCUT2D eigenvalue weighted by molar-refractivity contribution is 5.71. The molecule has 0 saturated heterocycles. The molecule has 0 rings (SSSR count). The van der Waals surface area contributed by atoms with Crippen molar-refractivity contribution in [2.24, 2.45) is 0 Å². The van der Waals surface area contributed by atoms with Crippen LogP contribution in [0.15, 0.2) is 60.8 Å². The summed E-state index contributed by atoms with van der Waals surface area (Å²) in [4.78, 5) is 37.9. The first kappa shape index (κ1) is 59.1. The monoisotopic (exact) mass is 867 g/mol. The number of rotatable bonds is 47. The van der Waals surface area contributed by atoms with Gasteiger partial charge in [0.25, 0.3) is 0 Å². The molecule has 0 aliphatic rings. The summed E-state index contributed by atoms with van der Waals surface area (Å²) in [5, 5.41) is 0. The van der Waals surface area contributed by atoms with E-state index in [1.54, 1.807) is 0 Å². The van der Waals surface area contributed by atoms with E-state index in [9.17, 15) is 14.4 Å². The van der Waals surface area contributed by atoms with Crippen LogP contribution in [0.5, 0.6) is 0 Å². The number of unbranched alkanes of at least 4 members (excludes halogenated alkanes) is 27.